The highest BCUT2D eigenvalue weighted by Crippen LogP contribution is 2.38. The third-order valence-corrected chi connectivity index (χ3v) is 5.97. The van der Waals surface area contributed by atoms with E-state index >= 15 is 0 Å². The Labute approximate surface area is 206 Å². The molecule has 3 aromatic rings. The van der Waals surface area contributed by atoms with Crippen LogP contribution in [0.4, 0.5) is 0 Å². The molecule has 0 fully saturated rings. The van der Waals surface area contributed by atoms with E-state index < -0.39 is 44.3 Å². The SMILES string of the molecule is COc1cccc(Oc2c(OCCOC(C)=O)nc(C(=O)ON)nc2S(=O)(=O)c2ccc(C)cn2)c1. The zero-order valence-electron chi connectivity index (χ0n) is 19.5. The van der Waals surface area contributed by atoms with E-state index in [9.17, 15) is 18.0 Å². The molecular weight excluding hydrogens is 496 g/mol. The number of benzene rings is 1. The fraction of sp³-hybridized carbons (Fsp3) is 0.227. The molecule has 0 atom stereocenters. The monoisotopic (exact) mass is 518 g/mol. The number of aromatic nitrogens is 3. The van der Waals surface area contributed by atoms with E-state index in [0.717, 1.165) is 0 Å². The quantitative estimate of drug-likeness (QED) is 0.178. The van der Waals surface area contributed by atoms with Crippen LogP contribution in [0.3, 0.4) is 0 Å². The molecule has 3 rings (SSSR count). The van der Waals surface area contributed by atoms with Crippen molar-refractivity contribution < 1.29 is 41.8 Å². The molecule has 14 heteroatoms. The third kappa shape index (κ3) is 6.22. The Morgan fingerprint density at radius 1 is 1.06 bits per heavy atom. The first kappa shape index (κ1) is 26.3. The maximum atomic E-state index is 13.5. The Bertz CT molecular complexity index is 1360. The minimum absolute atomic E-state index is 0.144. The number of ether oxygens (including phenoxy) is 4. The molecular formula is C22H22N4O9S. The van der Waals surface area contributed by atoms with Crippen LogP contribution in [-0.2, 0) is 24.2 Å². The van der Waals surface area contributed by atoms with Crippen molar-refractivity contribution in [2.75, 3.05) is 20.3 Å². The van der Waals surface area contributed by atoms with Crippen molar-refractivity contribution in [3.63, 3.8) is 0 Å². The maximum absolute atomic E-state index is 13.5. The molecule has 2 N–H and O–H groups in total. The van der Waals surface area contributed by atoms with Crippen molar-refractivity contribution in [3.05, 3.63) is 54.0 Å². The van der Waals surface area contributed by atoms with Crippen LogP contribution >= 0.6 is 0 Å². The number of carbonyl (C=O) groups excluding carboxylic acids is 2. The second-order valence-corrected chi connectivity index (χ2v) is 8.85. The lowest BCUT2D eigenvalue weighted by Crippen LogP contribution is -2.19. The first-order valence-electron chi connectivity index (χ1n) is 10.2. The highest BCUT2D eigenvalue weighted by atomic mass is 32.2. The number of aryl methyl sites for hydroxylation is 1. The first-order valence-corrected chi connectivity index (χ1v) is 11.7. The number of pyridine rings is 1. The lowest BCUT2D eigenvalue weighted by Gasteiger charge is -2.16. The van der Waals surface area contributed by atoms with Gasteiger partial charge in [-0.05, 0) is 30.7 Å². The normalized spacial score (nSPS) is 10.9. The minimum atomic E-state index is -4.49. The second-order valence-electron chi connectivity index (χ2n) is 7.04. The summed E-state index contributed by atoms with van der Waals surface area (Å²) in [6, 6.07) is 9.05. The van der Waals surface area contributed by atoms with Crippen molar-refractivity contribution in [3.8, 4) is 23.1 Å². The van der Waals surface area contributed by atoms with Crippen LogP contribution in [0.5, 0.6) is 23.1 Å². The number of carbonyl (C=O) groups is 2. The summed E-state index contributed by atoms with van der Waals surface area (Å²) in [6.07, 6.45) is 1.35. The minimum Gasteiger partial charge on any atom is -0.497 e. The highest BCUT2D eigenvalue weighted by Gasteiger charge is 2.33. The van der Waals surface area contributed by atoms with Gasteiger partial charge in [-0.25, -0.2) is 23.2 Å². The molecule has 0 aliphatic carbocycles. The molecule has 190 valence electrons. The van der Waals surface area contributed by atoms with Gasteiger partial charge in [-0.2, -0.15) is 10.9 Å². The first-order chi connectivity index (χ1) is 17.1. The molecule has 2 aromatic heterocycles. The van der Waals surface area contributed by atoms with Crippen LogP contribution in [-0.4, -0.2) is 55.6 Å². The second kappa shape index (κ2) is 11.4. The van der Waals surface area contributed by atoms with Gasteiger partial charge in [0, 0.05) is 19.2 Å². The fourth-order valence-electron chi connectivity index (χ4n) is 2.74. The standard InChI is InChI=1S/C22H22N4O9S/c1-13-7-8-17(24-12-13)36(29,30)21-18(34-16-6-4-5-15(11-16)31-3)20(33-10-9-32-14(2)27)25-19(26-21)22(28)35-23/h4-8,11-12H,9-10,23H2,1-3H3. The summed E-state index contributed by atoms with van der Waals surface area (Å²) in [6.45, 7) is 2.48. The van der Waals surface area contributed by atoms with Gasteiger partial charge in [0.05, 0.1) is 7.11 Å². The van der Waals surface area contributed by atoms with Crippen molar-refractivity contribution in [2.45, 2.75) is 23.9 Å². The number of nitrogens with two attached hydrogens (primary N) is 1. The molecule has 1 aromatic carbocycles. The van der Waals surface area contributed by atoms with E-state index in [-0.39, 0.29) is 24.0 Å². The highest BCUT2D eigenvalue weighted by molar-refractivity contribution is 7.91. The van der Waals surface area contributed by atoms with E-state index in [0.29, 0.717) is 11.3 Å². The van der Waals surface area contributed by atoms with Crippen molar-refractivity contribution >= 4 is 21.8 Å². The van der Waals surface area contributed by atoms with E-state index in [4.69, 9.17) is 24.8 Å². The van der Waals surface area contributed by atoms with Crippen LogP contribution in [0.15, 0.2) is 52.6 Å². The van der Waals surface area contributed by atoms with Gasteiger partial charge in [0.1, 0.15) is 24.7 Å². The Morgan fingerprint density at radius 3 is 2.44 bits per heavy atom. The number of sulfone groups is 1. The Morgan fingerprint density at radius 2 is 1.81 bits per heavy atom. The average molecular weight is 519 g/mol. The topological polar surface area (TPSA) is 179 Å². The van der Waals surface area contributed by atoms with Gasteiger partial charge < -0.3 is 23.8 Å². The molecule has 2 heterocycles. The Hall–Kier alpha value is -4.30. The Balaban J connectivity index is 2.20. The van der Waals surface area contributed by atoms with Crippen LogP contribution < -0.4 is 20.1 Å². The summed E-state index contributed by atoms with van der Waals surface area (Å²) >= 11 is 0. The van der Waals surface area contributed by atoms with E-state index in [1.165, 1.54) is 44.5 Å². The van der Waals surface area contributed by atoms with Gasteiger partial charge in [-0.3, -0.25) is 4.79 Å². The van der Waals surface area contributed by atoms with Gasteiger partial charge in [-0.15, -0.1) is 0 Å². The molecule has 13 nitrogen and oxygen atoms in total. The molecule has 0 amide bonds. The molecule has 36 heavy (non-hydrogen) atoms. The lowest BCUT2D eigenvalue weighted by molar-refractivity contribution is -0.141. The number of hydrogen-bond acceptors (Lipinski definition) is 13. The van der Waals surface area contributed by atoms with Crippen LogP contribution in [0.2, 0.25) is 0 Å². The van der Waals surface area contributed by atoms with Crippen molar-refractivity contribution in [2.24, 2.45) is 5.90 Å². The molecule has 0 unspecified atom stereocenters. The predicted molar refractivity (Wildman–Crippen MR) is 121 cm³/mol. The number of nitrogens with zero attached hydrogens (tertiary/aromatic N) is 3. The van der Waals surface area contributed by atoms with Crippen molar-refractivity contribution in [1.82, 2.24) is 15.0 Å². The number of hydrogen-bond donors (Lipinski definition) is 1. The molecule has 0 bridgehead atoms. The summed E-state index contributed by atoms with van der Waals surface area (Å²) < 4.78 is 48.5. The number of esters is 1. The predicted octanol–water partition coefficient (Wildman–Crippen LogP) is 1.79. The molecule has 0 saturated carbocycles. The van der Waals surface area contributed by atoms with E-state index in [1.54, 1.807) is 19.1 Å². The zero-order chi connectivity index (χ0) is 26.3. The third-order valence-electron chi connectivity index (χ3n) is 4.40. The molecule has 0 aliphatic heterocycles. The summed E-state index contributed by atoms with van der Waals surface area (Å²) in [7, 11) is -3.04. The lowest BCUT2D eigenvalue weighted by atomic mass is 10.3. The zero-order valence-corrected chi connectivity index (χ0v) is 20.3. The van der Waals surface area contributed by atoms with E-state index in [1.807, 2.05) is 0 Å². The summed E-state index contributed by atoms with van der Waals surface area (Å²) in [5.41, 5.74) is 0.714. The van der Waals surface area contributed by atoms with Crippen LogP contribution in [0, 0.1) is 6.92 Å². The largest absolute Gasteiger partial charge is 0.497 e. The van der Waals surface area contributed by atoms with Gasteiger partial charge in [0.15, 0.2) is 5.03 Å². The molecule has 0 saturated heterocycles. The van der Waals surface area contributed by atoms with Gasteiger partial charge in [0.2, 0.25) is 26.4 Å². The molecule has 0 aliphatic rings. The molecule has 0 spiro atoms. The van der Waals surface area contributed by atoms with Crippen LogP contribution in [0.25, 0.3) is 0 Å². The number of rotatable bonds is 10. The van der Waals surface area contributed by atoms with E-state index in [2.05, 4.69) is 19.8 Å². The average Bonchev–Trinajstić information content (AvgIpc) is 2.86. The molecule has 0 radical (unpaired) electrons. The van der Waals surface area contributed by atoms with Crippen molar-refractivity contribution in [1.29, 1.82) is 0 Å². The summed E-state index contributed by atoms with van der Waals surface area (Å²) in [5, 5.41) is -1.11. The van der Waals surface area contributed by atoms with Crippen LogP contribution in [0.1, 0.15) is 23.1 Å². The summed E-state index contributed by atoms with van der Waals surface area (Å²) in [4.78, 5) is 39.1. The summed E-state index contributed by atoms with van der Waals surface area (Å²) in [5.74, 6) is 2.09. The van der Waals surface area contributed by atoms with Gasteiger partial charge in [0.25, 0.3) is 5.88 Å². The number of methoxy groups -OCH3 is 1. The van der Waals surface area contributed by atoms with Gasteiger partial charge in [-0.1, -0.05) is 12.1 Å². The maximum Gasteiger partial charge on any atom is 0.394 e. The fourth-order valence-corrected chi connectivity index (χ4v) is 3.96. The Kier molecular flexibility index (Phi) is 8.34. The van der Waals surface area contributed by atoms with Gasteiger partial charge >= 0.3 is 11.9 Å². The smallest absolute Gasteiger partial charge is 0.394 e.